The number of nitrogens with zero attached hydrogens (tertiary/aromatic N) is 1. The number of hydrogen-bond acceptors (Lipinski definition) is 2. The summed E-state index contributed by atoms with van der Waals surface area (Å²) in [6.45, 7) is -0.282. The summed E-state index contributed by atoms with van der Waals surface area (Å²) in [5.74, 6) is 0. The molecular weight excluding hydrogens is 221 g/mol. The van der Waals surface area contributed by atoms with Crippen molar-refractivity contribution in [2.45, 2.75) is 12.8 Å². The van der Waals surface area contributed by atoms with Gasteiger partial charge in [-0.2, -0.15) is 0 Å². The van der Waals surface area contributed by atoms with Gasteiger partial charge in [0.05, 0.1) is 5.02 Å². The summed E-state index contributed by atoms with van der Waals surface area (Å²) in [5.41, 5.74) is 3.73. The van der Waals surface area contributed by atoms with Crippen molar-refractivity contribution < 1.29 is 13.2 Å². The standard InChI is InChI=1S/C7H6ClF3N2O/c8-5-1-4(2-12)6(14)13(3-5)7(9,10)11/h1,3H,2,12H2. The molecule has 0 saturated carbocycles. The van der Waals surface area contributed by atoms with E-state index in [1.807, 2.05) is 0 Å². The fourth-order valence-electron chi connectivity index (χ4n) is 0.937. The van der Waals surface area contributed by atoms with Crippen molar-refractivity contribution >= 4 is 11.6 Å². The van der Waals surface area contributed by atoms with E-state index < -0.39 is 16.4 Å². The van der Waals surface area contributed by atoms with Gasteiger partial charge in [0.1, 0.15) is 0 Å². The van der Waals surface area contributed by atoms with Gasteiger partial charge in [0, 0.05) is 18.3 Å². The van der Waals surface area contributed by atoms with Gasteiger partial charge in [0.2, 0.25) is 0 Å². The van der Waals surface area contributed by atoms with Gasteiger partial charge in [-0.1, -0.05) is 11.6 Å². The van der Waals surface area contributed by atoms with E-state index in [1.165, 1.54) is 0 Å². The maximum Gasteiger partial charge on any atom is 0.491 e. The van der Waals surface area contributed by atoms with Gasteiger partial charge in [-0.15, -0.1) is 13.2 Å². The number of alkyl halides is 3. The highest BCUT2D eigenvalue weighted by molar-refractivity contribution is 6.30. The zero-order valence-electron chi connectivity index (χ0n) is 6.81. The number of aromatic nitrogens is 1. The fourth-order valence-corrected chi connectivity index (χ4v) is 1.17. The lowest BCUT2D eigenvalue weighted by Crippen LogP contribution is -2.33. The van der Waals surface area contributed by atoms with E-state index in [2.05, 4.69) is 0 Å². The van der Waals surface area contributed by atoms with Crippen molar-refractivity contribution in [2.75, 3.05) is 0 Å². The minimum absolute atomic E-state index is 0.171. The summed E-state index contributed by atoms with van der Waals surface area (Å²) >= 11 is 5.39. The van der Waals surface area contributed by atoms with E-state index in [0.29, 0.717) is 6.20 Å². The molecule has 3 nitrogen and oxygen atoms in total. The predicted molar refractivity (Wildman–Crippen MR) is 44.9 cm³/mol. The first-order valence-electron chi connectivity index (χ1n) is 3.54. The van der Waals surface area contributed by atoms with Crippen molar-refractivity contribution in [3.63, 3.8) is 0 Å². The Bertz CT molecular complexity index is 399. The lowest BCUT2D eigenvalue weighted by atomic mass is 10.3. The molecule has 0 amide bonds. The number of hydrogen-bond donors (Lipinski definition) is 1. The highest BCUT2D eigenvalue weighted by atomic mass is 35.5. The Morgan fingerprint density at radius 3 is 2.50 bits per heavy atom. The maximum absolute atomic E-state index is 12.2. The van der Waals surface area contributed by atoms with Gasteiger partial charge in [-0.05, 0) is 6.07 Å². The Hall–Kier alpha value is -1.01. The zero-order valence-corrected chi connectivity index (χ0v) is 7.56. The molecule has 0 aliphatic heterocycles. The van der Waals surface area contributed by atoms with Crippen LogP contribution in [-0.2, 0) is 12.8 Å². The molecule has 1 aromatic rings. The molecule has 0 aliphatic carbocycles. The lowest BCUT2D eigenvalue weighted by Gasteiger charge is -2.11. The van der Waals surface area contributed by atoms with E-state index >= 15 is 0 Å². The summed E-state index contributed by atoms with van der Waals surface area (Å²) in [6, 6.07) is 1.12. The van der Waals surface area contributed by atoms with Crippen LogP contribution < -0.4 is 11.3 Å². The highest BCUT2D eigenvalue weighted by Crippen LogP contribution is 2.21. The third-order valence-corrected chi connectivity index (χ3v) is 1.76. The summed E-state index contributed by atoms with van der Waals surface area (Å²) in [5, 5.41) is -0.178. The summed E-state index contributed by atoms with van der Waals surface area (Å²) in [6.07, 6.45) is -4.26. The normalized spacial score (nSPS) is 11.8. The number of nitrogens with two attached hydrogens (primary N) is 1. The van der Waals surface area contributed by atoms with E-state index in [1.54, 1.807) is 0 Å². The Labute approximate surface area is 81.9 Å². The zero-order chi connectivity index (χ0) is 10.9. The van der Waals surface area contributed by atoms with E-state index in [-0.39, 0.29) is 17.1 Å². The fraction of sp³-hybridized carbons (Fsp3) is 0.286. The lowest BCUT2D eigenvalue weighted by molar-refractivity contribution is -0.206. The van der Waals surface area contributed by atoms with Crippen molar-refractivity contribution in [3.05, 3.63) is 33.2 Å². The van der Waals surface area contributed by atoms with Crippen LogP contribution in [0.2, 0.25) is 5.02 Å². The summed E-state index contributed by atoms with van der Waals surface area (Å²) < 4.78 is 36.2. The molecule has 0 atom stereocenters. The van der Waals surface area contributed by atoms with E-state index in [0.717, 1.165) is 6.07 Å². The Morgan fingerprint density at radius 1 is 1.50 bits per heavy atom. The first kappa shape index (κ1) is 11.1. The van der Waals surface area contributed by atoms with Gasteiger partial charge in [0.15, 0.2) is 0 Å². The smallest absolute Gasteiger partial charge is 0.326 e. The number of pyridine rings is 1. The second-order valence-electron chi connectivity index (χ2n) is 2.53. The van der Waals surface area contributed by atoms with Crippen molar-refractivity contribution in [1.29, 1.82) is 0 Å². The van der Waals surface area contributed by atoms with Crippen molar-refractivity contribution in [1.82, 2.24) is 4.57 Å². The quantitative estimate of drug-likeness (QED) is 0.788. The third kappa shape index (κ3) is 2.08. The maximum atomic E-state index is 12.2. The first-order chi connectivity index (χ1) is 6.36. The predicted octanol–water partition coefficient (Wildman–Crippen LogP) is 1.44. The number of halogens is 4. The summed E-state index contributed by atoms with van der Waals surface area (Å²) in [4.78, 5) is 11.1. The van der Waals surface area contributed by atoms with Crippen LogP contribution in [0.3, 0.4) is 0 Å². The monoisotopic (exact) mass is 226 g/mol. The highest BCUT2D eigenvalue weighted by Gasteiger charge is 2.32. The van der Waals surface area contributed by atoms with Crippen LogP contribution in [0.4, 0.5) is 13.2 Å². The first-order valence-corrected chi connectivity index (χ1v) is 3.92. The number of rotatable bonds is 1. The van der Waals surface area contributed by atoms with E-state index in [4.69, 9.17) is 17.3 Å². The van der Waals surface area contributed by atoms with Crippen LogP contribution in [0.15, 0.2) is 17.1 Å². The van der Waals surface area contributed by atoms with Crippen LogP contribution in [0.5, 0.6) is 0 Å². The minimum atomic E-state index is -4.77. The molecule has 0 aliphatic rings. The van der Waals surface area contributed by atoms with Crippen molar-refractivity contribution in [3.8, 4) is 0 Å². The molecule has 0 bridgehead atoms. The molecule has 7 heteroatoms. The molecule has 1 rings (SSSR count). The minimum Gasteiger partial charge on any atom is -0.326 e. The van der Waals surface area contributed by atoms with Gasteiger partial charge < -0.3 is 5.73 Å². The Balaban J connectivity index is 3.45. The van der Waals surface area contributed by atoms with Gasteiger partial charge in [0.25, 0.3) is 5.56 Å². The van der Waals surface area contributed by atoms with Gasteiger partial charge in [-0.3, -0.25) is 4.79 Å². The molecule has 1 heterocycles. The Kier molecular flexibility index (Phi) is 2.86. The van der Waals surface area contributed by atoms with Crippen LogP contribution >= 0.6 is 11.6 Å². The second kappa shape index (κ2) is 3.62. The molecule has 2 N–H and O–H groups in total. The van der Waals surface area contributed by atoms with Crippen LogP contribution in [0.1, 0.15) is 5.56 Å². The molecule has 0 saturated heterocycles. The topological polar surface area (TPSA) is 48.0 Å². The van der Waals surface area contributed by atoms with Crippen LogP contribution in [0, 0.1) is 0 Å². The molecule has 14 heavy (non-hydrogen) atoms. The van der Waals surface area contributed by atoms with E-state index in [9.17, 15) is 18.0 Å². The molecule has 78 valence electrons. The molecule has 0 unspecified atom stereocenters. The largest absolute Gasteiger partial charge is 0.491 e. The van der Waals surface area contributed by atoms with Gasteiger partial charge in [-0.25, -0.2) is 4.57 Å². The molecule has 0 aromatic carbocycles. The SMILES string of the molecule is NCc1cc(Cl)cn(C(F)(F)F)c1=O. The second-order valence-corrected chi connectivity index (χ2v) is 2.97. The van der Waals surface area contributed by atoms with Gasteiger partial charge >= 0.3 is 6.30 Å². The molecule has 0 spiro atoms. The van der Waals surface area contributed by atoms with Crippen LogP contribution in [0.25, 0.3) is 0 Å². The molecule has 1 aromatic heterocycles. The van der Waals surface area contributed by atoms with Crippen molar-refractivity contribution in [2.24, 2.45) is 5.73 Å². The molecule has 0 radical (unpaired) electrons. The Morgan fingerprint density at radius 2 is 2.07 bits per heavy atom. The van der Waals surface area contributed by atoms with Crippen LogP contribution in [-0.4, -0.2) is 4.57 Å². The summed E-state index contributed by atoms with van der Waals surface area (Å²) in [7, 11) is 0. The average molecular weight is 227 g/mol. The average Bonchev–Trinajstić information content (AvgIpc) is 2.06. The molecular formula is C7H6ClF3N2O. The third-order valence-electron chi connectivity index (χ3n) is 1.55. The molecule has 0 fully saturated rings.